The fourth-order valence-electron chi connectivity index (χ4n) is 4.44. The Balaban J connectivity index is 1.48. The van der Waals surface area contributed by atoms with Crippen molar-refractivity contribution in [2.24, 2.45) is 5.92 Å². The standard InChI is InChI=1S/C23H28N4/c1-16-11-20(12-17(2)26-16)13-19-5-4-10-27(15-19)18(3)21-6-7-22-23(14-21)25-9-8-24-22/h6-9,11-12,14,18-19H,4-5,10,13,15H2,1-3H3. The van der Waals surface area contributed by atoms with Gasteiger partial charge in [0.2, 0.25) is 0 Å². The first kappa shape index (κ1) is 18.1. The number of piperidine rings is 1. The van der Waals surface area contributed by atoms with Crippen LogP contribution in [0, 0.1) is 19.8 Å². The molecule has 1 aliphatic heterocycles. The molecule has 2 aromatic heterocycles. The van der Waals surface area contributed by atoms with Gasteiger partial charge in [0.05, 0.1) is 11.0 Å². The maximum atomic E-state index is 4.51. The minimum Gasteiger partial charge on any atom is -0.296 e. The van der Waals surface area contributed by atoms with Gasteiger partial charge in [0.1, 0.15) is 0 Å². The van der Waals surface area contributed by atoms with Crippen LogP contribution in [0.2, 0.25) is 0 Å². The molecule has 3 aromatic rings. The van der Waals surface area contributed by atoms with Crippen molar-refractivity contribution in [1.29, 1.82) is 0 Å². The summed E-state index contributed by atoms with van der Waals surface area (Å²) in [6.07, 6.45) is 7.25. The van der Waals surface area contributed by atoms with Crippen LogP contribution in [0.15, 0.2) is 42.7 Å². The van der Waals surface area contributed by atoms with Crippen molar-refractivity contribution in [2.75, 3.05) is 13.1 Å². The molecule has 2 unspecified atom stereocenters. The van der Waals surface area contributed by atoms with Crippen LogP contribution in [0.3, 0.4) is 0 Å². The molecule has 1 saturated heterocycles. The first-order valence-corrected chi connectivity index (χ1v) is 9.97. The van der Waals surface area contributed by atoms with E-state index in [1.54, 1.807) is 12.4 Å². The van der Waals surface area contributed by atoms with Crippen LogP contribution in [0.1, 0.15) is 48.3 Å². The first-order chi connectivity index (χ1) is 13.1. The summed E-state index contributed by atoms with van der Waals surface area (Å²) in [5, 5.41) is 0. The lowest BCUT2D eigenvalue weighted by molar-refractivity contribution is 0.131. The molecule has 27 heavy (non-hydrogen) atoms. The molecule has 0 aliphatic carbocycles. The van der Waals surface area contributed by atoms with Gasteiger partial charge in [-0.3, -0.25) is 19.9 Å². The molecule has 3 heterocycles. The van der Waals surface area contributed by atoms with E-state index in [-0.39, 0.29) is 0 Å². The van der Waals surface area contributed by atoms with Crippen molar-refractivity contribution in [3.8, 4) is 0 Å². The topological polar surface area (TPSA) is 41.9 Å². The Morgan fingerprint density at radius 1 is 1.04 bits per heavy atom. The number of hydrogen-bond acceptors (Lipinski definition) is 4. The van der Waals surface area contributed by atoms with Crippen molar-refractivity contribution < 1.29 is 0 Å². The van der Waals surface area contributed by atoms with E-state index < -0.39 is 0 Å². The monoisotopic (exact) mass is 360 g/mol. The second-order valence-corrected chi connectivity index (χ2v) is 7.95. The lowest BCUT2D eigenvalue weighted by Crippen LogP contribution is -2.38. The Morgan fingerprint density at radius 2 is 1.78 bits per heavy atom. The van der Waals surface area contributed by atoms with E-state index >= 15 is 0 Å². The Labute approximate surface area is 161 Å². The third-order valence-electron chi connectivity index (χ3n) is 5.74. The number of aryl methyl sites for hydroxylation is 2. The van der Waals surface area contributed by atoms with E-state index in [0.717, 1.165) is 35.4 Å². The molecule has 4 nitrogen and oxygen atoms in total. The number of aromatic nitrogens is 3. The van der Waals surface area contributed by atoms with Crippen LogP contribution in [-0.2, 0) is 6.42 Å². The summed E-state index contributed by atoms with van der Waals surface area (Å²) in [7, 11) is 0. The summed E-state index contributed by atoms with van der Waals surface area (Å²) >= 11 is 0. The van der Waals surface area contributed by atoms with Crippen LogP contribution in [0.5, 0.6) is 0 Å². The Morgan fingerprint density at radius 3 is 2.56 bits per heavy atom. The van der Waals surface area contributed by atoms with Gasteiger partial charge in [0, 0.05) is 36.4 Å². The van der Waals surface area contributed by atoms with Crippen molar-refractivity contribution in [3.63, 3.8) is 0 Å². The maximum absolute atomic E-state index is 4.51. The SMILES string of the molecule is Cc1cc(CC2CCCN(C(C)c3ccc4nccnc4c3)C2)cc(C)n1. The van der Waals surface area contributed by atoms with E-state index in [2.05, 4.69) is 71.0 Å². The largest absolute Gasteiger partial charge is 0.296 e. The molecule has 1 aliphatic rings. The van der Waals surface area contributed by atoms with Gasteiger partial charge in [-0.05, 0) is 87.9 Å². The van der Waals surface area contributed by atoms with Crippen LogP contribution in [0.25, 0.3) is 11.0 Å². The normalized spacial score (nSPS) is 19.3. The number of likely N-dealkylation sites (tertiary alicyclic amines) is 1. The maximum Gasteiger partial charge on any atom is 0.0890 e. The molecular formula is C23H28N4. The molecular weight excluding hydrogens is 332 g/mol. The van der Waals surface area contributed by atoms with E-state index in [9.17, 15) is 0 Å². The highest BCUT2D eigenvalue weighted by Gasteiger charge is 2.25. The summed E-state index contributed by atoms with van der Waals surface area (Å²) < 4.78 is 0. The van der Waals surface area contributed by atoms with Crippen LogP contribution in [0.4, 0.5) is 0 Å². The van der Waals surface area contributed by atoms with Crippen molar-refractivity contribution in [2.45, 2.75) is 46.1 Å². The quantitative estimate of drug-likeness (QED) is 0.679. The Bertz CT molecular complexity index is 916. The number of benzene rings is 1. The second-order valence-electron chi connectivity index (χ2n) is 7.95. The van der Waals surface area contributed by atoms with Gasteiger partial charge < -0.3 is 0 Å². The lowest BCUT2D eigenvalue weighted by atomic mass is 9.89. The Kier molecular flexibility index (Phi) is 5.17. The number of hydrogen-bond donors (Lipinski definition) is 0. The van der Waals surface area contributed by atoms with Crippen molar-refractivity contribution in [1.82, 2.24) is 19.9 Å². The molecule has 0 amide bonds. The molecule has 140 valence electrons. The molecule has 2 atom stereocenters. The minimum atomic E-state index is 0.403. The van der Waals surface area contributed by atoms with E-state index in [4.69, 9.17) is 0 Å². The number of fused-ring (bicyclic) bond motifs is 1. The third-order valence-corrected chi connectivity index (χ3v) is 5.74. The number of pyridine rings is 1. The van der Waals surface area contributed by atoms with E-state index in [1.807, 2.05) is 0 Å². The summed E-state index contributed by atoms with van der Waals surface area (Å²) in [4.78, 5) is 16.0. The van der Waals surface area contributed by atoms with Gasteiger partial charge in [0.15, 0.2) is 0 Å². The smallest absolute Gasteiger partial charge is 0.0890 e. The summed E-state index contributed by atoms with van der Waals surface area (Å²) in [5.41, 5.74) is 6.97. The molecule has 0 bridgehead atoms. The Hall–Kier alpha value is -2.33. The molecule has 4 heteroatoms. The highest BCUT2D eigenvalue weighted by molar-refractivity contribution is 5.74. The van der Waals surface area contributed by atoms with Gasteiger partial charge >= 0.3 is 0 Å². The predicted molar refractivity (Wildman–Crippen MR) is 110 cm³/mol. The van der Waals surface area contributed by atoms with Gasteiger partial charge in [-0.25, -0.2) is 0 Å². The first-order valence-electron chi connectivity index (χ1n) is 9.97. The minimum absolute atomic E-state index is 0.403. The molecule has 4 rings (SSSR count). The highest BCUT2D eigenvalue weighted by Crippen LogP contribution is 2.29. The number of rotatable bonds is 4. The average molecular weight is 361 g/mol. The van der Waals surface area contributed by atoms with Crippen LogP contribution < -0.4 is 0 Å². The summed E-state index contributed by atoms with van der Waals surface area (Å²) in [6, 6.07) is 11.4. The molecule has 0 saturated carbocycles. The molecule has 1 fully saturated rings. The zero-order chi connectivity index (χ0) is 18.8. The van der Waals surface area contributed by atoms with Gasteiger partial charge in [0.25, 0.3) is 0 Å². The number of nitrogens with zero attached hydrogens (tertiary/aromatic N) is 4. The summed E-state index contributed by atoms with van der Waals surface area (Å²) in [5.74, 6) is 0.711. The predicted octanol–water partition coefficient (Wildman–Crippen LogP) is 4.66. The van der Waals surface area contributed by atoms with Crippen molar-refractivity contribution in [3.05, 3.63) is 65.2 Å². The third kappa shape index (κ3) is 4.16. The second kappa shape index (κ2) is 7.73. The van der Waals surface area contributed by atoms with Crippen molar-refractivity contribution >= 4 is 11.0 Å². The molecule has 0 spiro atoms. The zero-order valence-electron chi connectivity index (χ0n) is 16.5. The molecule has 0 radical (unpaired) electrons. The average Bonchev–Trinajstić information content (AvgIpc) is 2.66. The van der Waals surface area contributed by atoms with Gasteiger partial charge in [-0.2, -0.15) is 0 Å². The van der Waals surface area contributed by atoms with E-state index in [0.29, 0.717) is 12.0 Å². The highest BCUT2D eigenvalue weighted by atomic mass is 15.2. The summed E-state index contributed by atoms with van der Waals surface area (Å²) in [6.45, 7) is 8.83. The van der Waals surface area contributed by atoms with E-state index in [1.165, 1.54) is 30.5 Å². The van der Waals surface area contributed by atoms with Crippen LogP contribution in [-0.4, -0.2) is 32.9 Å². The molecule has 0 N–H and O–H groups in total. The van der Waals surface area contributed by atoms with Gasteiger partial charge in [-0.15, -0.1) is 0 Å². The zero-order valence-corrected chi connectivity index (χ0v) is 16.5. The van der Waals surface area contributed by atoms with Crippen LogP contribution >= 0.6 is 0 Å². The fourth-order valence-corrected chi connectivity index (χ4v) is 4.44. The molecule has 1 aromatic carbocycles. The lowest BCUT2D eigenvalue weighted by Gasteiger charge is -2.37. The van der Waals surface area contributed by atoms with Gasteiger partial charge in [-0.1, -0.05) is 6.07 Å². The fraction of sp³-hybridized carbons (Fsp3) is 0.435.